The highest BCUT2D eigenvalue weighted by atomic mass is 32.1. The zero-order chi connectivity index (χ0) is 16.1. The molecule has 2 aromatic carbocycles. The highest BCUT2D eigenvalue weighted by molar-refractivity contribution is 7.80. The standard InChI is InChI=1S/C19H21NO2S/c1-15-3-2-4-16(13-15)14-22-18-7-5-17(6-8-18)19(23)20-9-11-21-12-10-20/h2-8,13H,9-12,14H2,1H3. The van der Waals surface area contributed by atoms with Crippen LogP contribution in [0.4, 0.5) is 0 Å². The average Bonchev–Trinajstić information content (AvgIpc) is 2.61. The number of thiocarbonyl (C=S) groups is 1. The molecule has 0 amide bonds. The maximum absolute atomic E-state index is 5.85. The van der Waals surface area contributed by atoms with Crippen LogP contribution in [0.2, 0.25) is 0 Å². The fourth-order valence-corrected chi connectivity index (χ4v) is 2.93. The SMILES string of the molecule is Cc1cccc(COc2ccc(C(=S)N3CCOCC3)cc2)c1. The number of rotatable bonds is 4. The number of hydrogen-bond donors (Lipinski definition) is 0. The third kappa shape index (κ3) is 4.30. The minimum atomic E-state index is 0.578. The molecule has 3 rings (SSSR count). The van der Waals surface area contributed by atoms with Crippen LogP contribution in [0.15, 0.2) is 48.5 Å². The van der Waals surface area contributed by atoms with Crippen molar-refractivity contribution < 1.29 is 9.47 Å². The number of aryl methyl sites for hydroxylation is 1. The summed E-state index contributed by atoms with van der Waals surface area (Å²) in [5.74, 6) is 0.861. The van der Waals surface area contributed by atoms with E-state index in [1.165, 1.54) is 11.1 Å². The Balaban J connectivity index is 1.59. The van der Waals surface area contributed by atoms with E-state index in [4.69, 9.17) is 21.7 Å². The quantitative estimate of drug-likeness (QED) is 0.800. The molecule has 0 atom stereocenters. The summed E-state index contributed by atoms with van der Waals surface area (Å²) < 4.78 is 11.2. The molecule has 1 heterocycles. The lowest BCUT2D eigenvalue weighted by molar-refractivity contribution is 0.0693. The Hall–Kier alpha value is -1.91. The first-order valence-electron chi connectivity index (χ1n) is 7.88. The lowest BCUT2D eigenvalue weighted by Crippen LogP contribution is -2.40. The molecule has 0 aromatic heterocycles. The number of nitrogens with zero attached hydrogens (tertiary/aromatic N) is 1. The van der Waals surface area contributed by atoms with Crippen molar-refractivity contribution in [2.24, 2.45) is 0 Å². The third-order valence-electron chi connectivity index (χ3n) is 3.89. The Bertz CT molecular complexity index is 663. The van der Waals surface area contributed by atoms with Gasteiger partial charge in [-0.15, -0.1) is 0 Å². The normalized spacial score (nSPS) is 14.6. The molecule has 1 fully saturated rings. The van der Waals surface area contributed by atoms with E-state index in [0.29, 0.717) is 6.61 Å². The summed E-state index contributed by atoms with van der Waals surface area (Å²) in [5, 5.41) is 0. The fraction of sp³-hybridized carbons (Fsp3) is 0.316. The highest BCUT2D eigenvalue weighted by Crippen LogP contribution is 2.17. The second-order valence-corrected chi connectivity index (χ2v) is 6.09. The topological polar surface area (TPSA) is 21.7 Å². The first-order valence-corrected chi connectivity index (χ1v) is 8.28. The molecule has 23 heavy (non-hydrogen) atoms. The second kappa shape index (κ2) is 7.57. The molecule has 2 aromatic rings. The monoisotopic (exact) mass is 327 g/mol. The summed E-state index contributed by atoms with van der Waals surface area (Å²) in [7, 11) is 0. The van der Waals surface area contributed by atoms with Gasteiger partial charge in [0.25, 0.3) is 0 Å². The number of morpholine rings is 1. The van der Waals surface area contributed by atoms with Gasteiger partial charge in [0.15, 0.2) is 0 Å². The number of ether oxygens (including phenoxy) is 2. The van der Waals surface area contributed by atoms with Gasteiger partial charge in [0, 0.05) is 18.7 Å². The van der Waals surface area contributed by atoms with E-state index in [2.05, 4.69) is 36.1 Å². The molecule has 1 aliphatic heterocycles. The van der Waals surface area contributed by atoms with Gasteiger partial charge < -0.3 is 14.4 Å². The molecule has 0 N–H and O–H groups in total. The van der Waals surface area contributed by atoms with E-state index in [9.17, 15) is 0 Å². The van der Waals surface area contributed by atoms with Crippen LogP contribution < -0.4 is 4.74 Å². The zero-order valence-electron chi connectivity index (χ0n) is 13.3. The predicted molar refractivity (Wildman–Crippen MR) is 96.0 cm³/mol. The van der Waals surface area contributed by atoms with Crippen molar-refractivity contribution in [3.8, 4) is 5.75 Å². The van der Waals surface area contributed by atoms with Gasteiger partial charge in [0.05, 0.1) is 13.2 Å². The molecule has 0 spiro atoms. The second-order valence-electron chi connectivity index (χ2n) is 5.71. The lowest BCUT2D eigenvalue weighted by Gasteiger charge is -2.29. The van der Waals surface area contributed by atoms with Gasteiger partial charge in [-0.1, -0.05) is 42.0 Å². The van der Waals surface area contributed by atoms with Crippen LogP contribution in [0, 0.1) is 6.92 Å². The summed E-state index contributed by atoms with van der Waals surface area (Å²) in [4.78, 5) is 3.08. The fourth-order valence-electron chi connectivity index (χ4n) is 2.61. The molecular formula is C19H21NO2S. The number of hydrogen-bond acceptors (Lipinski definition) is 3. The summed E-state index contributed by atoms with van der Waals surface area (Å²) in [6.45, 7) is 5.89. The van der Waals surface area contributed by atoms with E-state index >= 15 is 0 Å². The van der Waals surface area contributed by atoms with Gasteiger partial charge in [-0.3, -0.25) is 0 Å². The van der Waals surface area contributed by atoms with Crippen LogP contribution in [0.1, 0.15) is 16.7 Å². The summed E-state index contributed by atoms with van der Waals surface area (Å²) >= 11 is 5.57. The van der Waals surface area contributed by atoms with Crippen LogP contribution in [-0.2, 0) is 11.3 Å². The van der Waals surface area contributed by atoms with Crippen LogP contribution in [-0.4, -0.2) is 36.2 Å². The maximum Gasteiger partial charge on any atom is 0.119 e. The van der Waals surface area contributed by atoms with Crippen LogP contribution in [0.3, 0.4) is 0 Å². The van der Waals surface area contributed by atoms with E-state index < -0.39 is 0 Å². The molecule has 0 unspecified atom stereocenters. The molecule has 1 saturated heterocycles. The van der Waals surface area contributed by atoms with Crippen molar-refractivity contribution in [3.05, 3.63) is 65.2 Å². The first-order chi connectivity index (χ1) is 11.2. The van der Waals surface area contributed by atoms with Crippen molar-refractivity contribution in [1.82, 2.24) is 4.90 Å². The maximum atomic E-state index is 5.85. The van der Waals surface area contributed by atoms with Gasteiger partial charge in [0.1, 0.15) is 17.3 Å². The molecule has 3 nitrogen and oxygen atoms in total. The summed E-state index contributed by atoms with van der Waals surface area (Å²) in [6, 6.07) is 16.4. The molecule has 0 aliphatic carbocycles. The zero-order valence-corrected chi connectivity index (χ0v) is 14.1. The highest BCUT2D eigenvalue weighted by Gasteiger charge is 2.14. The van der Waals surface area contributed by atoms with E-state index in [1.807, 2.05) is 24.3 Å². The Morgan fingerprint density at radius 2 is 1.87 bits per heavy atom. The Kier molecular flexibility index (Phi) is 5.26. The Morgan fingerprint density at radius 1 is 1.13 bits per heavy atom. The molecule has 4 heteroatoms. The van der Waals surface area contributed by atoms with E-state index in [0.717, 1.165) is 42.6 Å². The smallest absolute Gasteiger partial charge is 0.119 e. The van der Waals surface area contributed by atoms with Crippen molar-refractivity contribution in [3.63, 3.8) is 0 Å². The van der Waals surface area contributed by atoms with Crippen LogP contribution in [0.5, 0.6) is 5.75 Å². The minimum Gasteiger partial charge on any atom is -0.489 e. The molecule has 0 saturated carbocycles. The van der Waals surface area contributed by atoms with Crippen molar-refractivity contribution in [2.75, 3.05) is 26.3 Å². The van der Waals surface area contributed by atoms with Gasteiger partial charge >= 0.3 is 0 Å². The average molecular weight is 327 g/mol. The Labute approximate surface area is 142 Å². The predicted octanol–water partition coefficient (Wildman–Crippen LogP) is 3.58. The summed E-state index contributed by atoms with van der Waals surface area (Å²) in [6.07, 6.45) is 0. The van der Waals surface area contributed by atoms with Crippen LogP contribution in [0.25, 0.3) is 0 Å². The largest absolute Gasteiger partial charge is 0.489 e. The minimum absolute atomic E-state index is 0.578. The third-order valence-corrected chi connectivity index (χ3v) is 4.38. The van der Waals surface area contributed by atoms with Gasteiger partial charge in [-0.05, 0) is 36.8 Å². The van der Waals surface area contributed by atoms with Gasteiger partial charge in [0.2, 0.25) is 0 Å². The van der Waals surface area contributed by atoms with Gasteiger partial charge in [-0.2, -0.15) is 0 Å². The Morgan fingerprint density at radius 3 is 2.57 bits per heavy atom. The lowest BCUT2D eigenvalue weighted by atomic mass is 10.1. The molecule has 0 radical (unpaired) electrons. The summed E-state index contributed by atoms with van der Waals surface area (Å²) in [5.41, 5.74) is 3.49. The van der Waals surface area contributed by atoms with Crippen molar-refractivity contribution in [2.45, 2.75) is 13.5 Å². The van der Waals surface area contributed by atoms with E-state index in [1.54, 1.807) is 0 Å². The van der Waals surface area contributed by atoms with E-state index in [-0.39, 0.29) is 0 Å². The molecular weight excluding hydrogens is 306 g/mol. The van der Waals surface area contributed by atoms with Crippen molar-refractivity contribution >= 4 is 17.2 Å². The number of benzene rings is 2. The van der Waals surface area contributed by atoms with Crippen molar-refractivity contribution in [1.29, 1.82) is 0 Å². The molecule has 1 aliphatic rings. The van der Waals surface area contributed by atoms with Gasteiger partial charge in [-0.25, -0.2) is 0 Å². The molecule has 120 valence electrons. The van der Waals surface area contributed by atoms with Crippen LogP contribution >= 0.6 is 12.2 Å². The molecule has 0 bridgehead atoms. The first kappa shape index (κ1) is 16.0.